The fourth-order valence-corrected chi connectivity index (χ4v) is 8.95. The van der Waals surface area contributed by atoms with Gasteiger partial charge in [0.1, 0.15) is 41.1 Å². The molecule has 0 fully saturated rings. The van der Waals surface area contributed by atoms with Gasteiger partial charge in [-0.15, -0.1) is 0 Å². The van der Waals surface area contributed by atoms with Gasteiger partial charge in [-0.25, -0.2) is 84.7 Å². The Hall–Kier alpha value is -14.1. The zero-order chi connectivity index (χ0) is 72.8. The maximum atomic E-state index is 4.33. The summed E-state index contributed by atoms with van der Waals surface area (Å²) in [6.45, 7) is 15.2. The van der Waals surface area contributed by atoms with Crippen LogP contribution in [0.4, 0.5) is 0 Å². The van der Waals surface area contributed by atoms with Crippen LogP contribution in [0.5, 0.6) is 0 Å². The molecule has 104 heavy (non-hydrogen) atoms. The van der Waals surface area contributed by atoms with Crippen LogP contribution < -0.4 is 0 Å². The van der Waals surface area contributed by atoms with Crippen LogP contribution in [0.25, 0.3) is 90.8 Å². The number of aromatic nitrogens is 23. The maximum Gasteiger partial charge on any atom is 0.178 e. The number of nitrogens with zero attached hydrogens (tertiary/aromatic N) is 23. The third-order valence-corrected chi connectivity index (χ3v) is 13.9. The molecule has 14 heterocycles. The number of pyridine rings is 6. The molecule has 0 saturated heterocycles. The van der Waals surface area contributed by atoms with Gasteiger partial charge in [0, 0.05) is 156 Å². The van der Waals surface area contributed by atoms with Crippen LogP contribution in [0.1, 0.15) is 46.2 Å². The average molecular weight is 1370 g/mol. The highest BCUT2D eigenvalue weighted by Gasteiger charge is 2.06. The fourth-order valence-electron chi connectivity index (χ4n) is 8.95. The summed E-state index contributed by atoms with van der Waals surface area (Å²) in [6.07, 6.45) is 31.3. The van der Waals surface area contributed by atoms with E-state index in [2.05, 4.69) is 115 Å². The van der Waals surface area contributed by atoms with Gasteiger partial charge < -0.3 is 0 Å². The lowest BCUT2D eigenvalue weighted by Gasteiger charge is -1.99. The first-order chi connectivity index (χ1) is 50.9. The summed E-state index contributed by atoms with van der Waals surface area (Å²) in [6, 6.07) is 59.9. The predicted octanol–water partition coefficient (Wildman–Crippen LogP) is 15.4. The molecule has 2 aromatic carbocycles. The topological polar surface area (TPSA) is 296 Å². The molecule has 0 amide bonds. The number of hydrogen-bond donors (Lipinski definition) is 0. The molecule has 0 aliphatic rings. The Labute approximate surface area is 603 Å². The Balaban J connectivity index is 0.000000138. The monoisotopic (exact) mass is 1370 g/mol. The quantitative estimate of drug-likeness (QED) is 0.136. The zero-order valence-electron chi connectivity index (χ0n) is 58.6. The van der Waals surface area contributed by atoms with E-state index in [1.807, 2.05) is 243 Å². The van der Waals surface area contributed by atoms with E-state index in [1.165, 1.54) is 6.33 Å². The van der Waals surface area contributed by atoms with Gasteiger partial charge in [0.2, 0.25) is 0 Å². The molecule has 0 saturated carbocycles. The summed E-state index contributed by atoms with van der Waals surface area (Å²) in [7, 11) is 0. The van der Waals surface area contributed by atoms with E-state index in [0.717, 1.165) is 131 Å². The normalized spacial score (nSPS) is 9.92. The first-order valence-corrected chi connectivity index (χ1v) is 32.7. The predicted molar refractivity (Wildman–Crippen MR) is 402 cm³/mol. The van der Waals surface area contributed by atoms with Crippen LogP contribution >= 0.6 is 0 Å². The Bertz CT molecular complexity index is 4150. The smallest absolute Gasteiger partial charge is 0.178 e. The molecule has 0 unspecified atom stereocenters. The number of benzene rings is 2. The largest absolute Gasteiger partial charge is 0.265 e. The standard InChI is InChI=1S/C11H10N2.7C10H9N3/c1-9-12-8-7-11(13-9)10-5-3-2-4-6-10;1-8-2-7-12-10(13-8)9-3-5-11-6-4-9;1-8-12-7-4-10(13-8)9-2-5-11-6-3-9;1-8-12-6-4-10(13-8)9-3-2-5-11-7-9;1-8-4-6-12-10(13-8)9-3-2-5-11-7-9;1-8-11-7-5-10(13-8)9-4-2-3-6-12-9;1-8-5-7-12-10(13-8)9-4-2-3-6-11-9;1-8-11-7-12-10(13-8)9-5-3-2-4-6-9/h2-8H,1H3;7*2-7H,1H3. The van der Waals surface area contributed by atoms with Crippen molar-refractivity contribution in [1.82, 2.24) is 115 Å². The molecule has 0 bridgehead atoms. The Morgan fingerprint density at radius 1 is 0.173 bits per heavy atom. The number of hydrogen-bond acceptors (Lipinski definition) is 23. The van der Waals surface area contributed by atoms with Crippen molar-refractivity contribution in [3.05, 3.63) is 346 Å². The molecule has 0 aliphatic heterocycles. The molecular formula is C81H73N23. The van der Waals surface area contributed by atoms with Crippen molar-refractivity contribution >= 4 is 0 Å². The Kier molecular flexibility index (Phi) is 29.0. The van der Waals surface area contributed by atoms with Crippen LogP contribution in [0.15, 0.2) is 300 Å². The summed E-state index contributed by atoms with van der Waals surface area (Å²) in [5.41, 5.74) is 14.5. The molecular weight excluding hydrogens is 1300 g/mol. The van der Waals surface area contributed by atoms with Gasteiger partial charge in [0.05, 0.1) is 28.5 Å². The van der Waals surface area contributed by atoms with E-state index < -0.39 is 0 Å². The number of rotatable bonds is 8. The molecule has 512 valence electrons. The lowest BCUT2D eigenvalue weighted by molar-refractivity contribution is 0.983. The van der Waals surface area contributed by atoms with E-state index in [4.69, 9.17) is 0 Å². The van der Waals surface area contributed by atoms with Gasteiger partial charge in [-0.1, -0.05) is 72.8 Å². The van der Waals surface area contributed by atoms with E-state index in [0.29, 0.717) is 5.82 Å². The van der Waals surface area contributed by atoms with E-state index in [9.17, 15) is 0 Å². The second-order valence-electron chi connectivity index (χ2n) is 22.0. The van der Waals surface area contributed by atoms with Crippen molar-refractivity contribution in [3.63, 3.8) is 0 Å². The lowest BCUT2D eigenvalue weighted by Crippen LogP contribution is -1.93. The molecule has 16 aromatic rings. The molecule has 0 atom stereocenters. The first-order valence-electron chi connectivity index (χ1n) is 32.7. The van der Waals surface area contributed by atoms with Gasteiger partial charge >= 0.3 is 0 Å². The van der Waals surface area contributed by atoms with E-state index in [1.54, 1.807) is 105 Å². The van der Waals surface area contributed by atoms with Crippen molar-refractivity contribution in [1.29, 1.82) is 0 Å². The van der Waals surface area contributed by atoms with Crippen molar-refractivity contribution in [2.45, 2.75) is 55.4 Å². The Morgan fingerprint density at radius 2 is 0.529 bits per heavy atom. The SMILES string of the molecule is Cc1ccnc(-c2ccccn2)n1.Cc1ccnc(-c2cccnc2)n1.Cc1ccnc(-c2ccncc2)n1.Cc1nccc(-c2ccccc2)n1.Cc1nccc(-c2ccccn2)n1.Cc1nccc(-c2cccnc2)n1.Cc1nccc(-c2ccncc2)n1.Cc1ncnc(-c2ccccc2)n1. The summed E-state index contributed by atoms with van der Waals surface area (Å²) in [5.74, 6) is 6.78. The van der Waals surface area contributed by atoms with Crippen LogP contribution in [0, 0.1) is 55.4 Å². The van der Waals surface area contributed by atoms with Crippen LogP contribution in [0.2, 0.25) is 0 Å². The molecule has 14 aromatic heterocycles. The third kappa shape index (κ3) is 25.3. The van der Waals surface area contributed by atoms with Crippen molar-refractivity contribution in [3.8, 4) is 90.8 Å². The van der Waals surface area contributed by atoms with Crippen molar-refractivity contribution < 1.29 is 0 Å². The van der Waals surface area contributed by atoms with Gasteiger partial charge in [-0.2, -0.15) is 0 Å². The van der Waals surface area contributed by atoms with Crippen molar-refractivity contribution in [2.24, 2.45) is 0 Å². The van der Waals surface area contributed by atoms with Crippen LogP contribution in [0.3, 0.4) is 0 Å². The summed E-state index contributed by atoms with van der Waals surface area (Å²) < 4.78 is 0. The highest BCUT2D eigenvalue weighted by Crippen LogP contribution is 2.19. The molecule has 0 radical (unpaired) electrons. The van der Waals surface area contributed by atoms with Gasteiger partial charge in [-0.3, -0.25) is 29.9 Å². The average Bonchev–Trinajstić information content (AvgIpc) is 0.973. The fraction of sp³-hybridized carbons (Fsp3) is 0.0988. The van der Waals surface area contributed by atoms with Gasteiger partial charge in [-0.05, 0) is 171 Å². The third-order valence-electron chi connectivity index (χ3n) is 13.9. The summed E-state index contributed by atoms with van der Waals surface area (Å²) in [5, 5.41) is 0. The first kappa shape index (κ1) is 74.1. The van der Waals surface area contributed by atoms with Crippen molar-refractivity contribution in [2.75, 3.05) is 0 Å². The maximum absolute atomic E-state index is 4.33. The van der Waals surface area contributed by atoms with Crippen LogP contribution in [-0.4, -0.2) is 115 Å². The molecule has 0 aliphatic carbocycles. The van der Waals surface area contributed by atoms with Gasteiger partial charge in [0.15, 0.2) is 23.3 Å². The second kappa shape index (κ2) is 40.7. The molecule has 16 rings (SSSR count). The highest BCUT2D eigenvalue weighted by atomic mass is 15.0. The minimum absolute atomic E-state index is 0.681. The molecule has 0 spiro atoms. The van der Waals surface area contributed by atoms with Gasteiger partial charge in [0.25, 0.3) is 0 Å². The Morgan fingerprint density at radius 3 is 0.981 bits per heavy atom. The van der Waals surface area contributed by atoms with E-state index >= 15 is 0 Å². The lowest BCUT2D eigenvalue weighted by atomic mass is 10.1. The summed E-state index contributed by atoms with van der Waals surface area (Å²) >= 11 is 0. The zero-order valence-corrected chi connectivity index (χ0v) is 58.6. The molecule has 23 nitrogen and oxygen atoms in total. The van der Waals surface area contributed by atoms with E-state index in [-0.39, 0.29) is 0 Å². The minimum atomic E-state index is 0.681. The second-order valence-corrected chi connectivity index (χ2v) is 22.0. The highest BCUT2D eigenvalue weighted by molar-refractivity contribution is 5.60. The minimum Gasteiger partial charge on any atom is -0.265 e. The van der Waals surface area contributed by atoms with Crippen LogP contribution in [-0.2, 0) is 0 Å². The summed E-state index contributed by atoms with van der Waals surface area (Å²) in [4.78, 5) is 95.2. The molecule has 23 heteroatoms. The molecule has 0 N–H and O–H groups in total. The number of aryl methyl sites for hydroxylation is 8.